The summed E-state index contributed by atoms with van der Waals surface area (Å²) in [6.45, 7) is 7.85. The highest BCUT2D eigenvalue weighted by Gasteiger charge is 2.31. The quantitative estimate of drug-likeness (QED) is 0.605. The van der Waals surface area contributed by atoms with E-state index in [1.165, 1.54) is 11.9 Å². The van der Waals surface area contributed by atoms with Crippen LogP contribution in [0.1, 0.15) is 45.2 Å². The highest BCUT2D eigenvalue weighted by molar-refractivity contribution is 7.92. The molecule has 0 saturated heterocycles. The highest BCUT2D eigenvalue weighted by atomic mass is 32.2. The number of sulfonamides is 1. The summed E-state index contributed by atoms with van der Waals surface area (Å²) in [6, 6.07) is 15.8. The van der Waals surface area contributed by atoms with Gasteiger partial charge in [0.2, 0.25) is 21.8 Å². The number of anilines is 1. The largest absolute Gasteiger partial charge is 0.357 e. The molecule has 2 amide bonds. The van der Waals surface area contributed by atoms with Gasteiger partial charge in [0, 0.05) is 13.6 Å². The van der Waals surface area contributed by atoms with Gasteiger partial charge in [-0.2, -0.15) is 0 Å². The molecule has 0 aromatic heterocycles. The Kier molecular flexibility index (Phi) is 8.66. The summed E-state index contributed by atoms with van der Waals surface area (Å²) in [5.41, 5.74) is 2.24. The van der Waals surface area contributed by atoms with E-state index in [4.69, 9.17) is 0 Å². The van der Waals surface area contributed by atoms with Crippen molar-refractivity contribution in [2.24, 2.45) is 0 Å². The Morgan fingerprint density at radius 3 is 2.03 bits per heavy atom. The van der Waals surface area contributed by atoms with Crippen molar-refractivity contribution >= 4 is 27.5 Å². The van der Waals surface area contributed by atoms with Crippen LogP contribution in [0.2, 0.25) is 0 Å². The number of amides is 2. The lowest BCUT2D eigenvalue weighted by Crippen LogP contribution is -2.51. The van der Waals surface area contributed by atoms with Crippen LogP contribution in [0.5, 0.6) is 0 Å². The molecule has 0 bridgehead atoms. The third kappa shape index (κ3) is 7.05. The minimum absolute atomic E-state index is 0.0847. The molecule has 0 radical (unpaired) electrons. The third-order valence-corrected chi connectivity index (χ3v) is 6.67. The van der Waals surface area contributed by atoms with Gasteiger partial charge in [0.15, 0.2) is 0 Å². The molecular weight excluding hydrogens is 438 g/mol. The summed E-state index contributed by atoms with van der Waals surface area (Å²) in [7, 11) is -2.22. The molecule has 0 spiro atoms. The minimum Gasteiger partial charge on any atom is -0.357 e. The lowest BCUT2D eigenvalue weighted by Gasteiger charge is -2.32. The van der Waals surface area contributed by atoms with Crippen LogP contribution in [0.25, 0.3) is 0 Å². The van der Waals surface area contributed by atoms with Gasteiger partial charge in [-0.25, -0.2) is 8.42 Å². The first-order chi connectivity index (χ1) is 15.4. The van der Waals surface area contributed by atoms with Crippen molar-refractivity contribution in [2.75, 3.05) is 24.2 Å². The zero-order valence-corrected chi connectivity index (χ0v) is 21.1. The SMILES string of the molecule is CCC(C(=O)NC)N(Cc1ccccc1)C(=O)CN(c1ccc(C(C)(C)C)cc1)S(C)(=O)=O. The first-order valence-electron chi connectivity index (χ1n) is 11.0. The molecule has 0 aliphatic carbocycles. The summed E-state index contributed by atoms with van der Waals surface area (Å²) in [5, 5.41) is 2.61. The Bertz CT molecular complexity index is 1050. The predicted molar refractivity (Wildman–Crippen MR) is 132 cm³/mol. The molecule has 0 saturated carbocycles. The fourth-order valence-electron chi connectivity index (χ4n) is 3.61. The molecule has 0 fully saturated rings. The Balaban J connectivity index is 2.41. The average Bonchev–Trinajstić information content (AvgIpc) is 2.76. The van der Waals surface area contributed by atoms with Crippen molar-refractivity contribution in [3.63, 3.8) is 0 Å². The second kappa shape index (κ2) is 10.8. The van der Waals surface area contributed by atoms with Crippen LogP contribution in [0.4, 0.5) is 5.69 Å². The number of nitrogens with one attached hydrogen (secondary N) is 1. The van der Waals surface area contributed by atoms with E-state index in [1.54, 1.807) is 12.1 Å². The molecule has 7 nitrogen and oxygen atoms in total. The van der Waals surface area contributed by atoms with E-state index in [1.807, 2.05) is 49.4 Å². The molecule has 2 aromatic rings. The molecule has 33 heavy (non-hydrogen) atoms. The van der Waals surface area contributed by atoms with Gasteiger partial charge >= 0.3 is 0 Å². The molecule has 1 atom stereocenters. The van der Waals surface area contributed by atoms with Crippen LogP contribution in [-0.4, -0.2) is 51.0 Å². The highest BCUT2D eigenvalue weighted by Crippen LogP contribution is 2.26. The summed E-state index contributed by atoms with van der Waals surface area (Å²) in [6.07, 6.45) is 1.48. The Morgan fingerprint density at radius 1 is 1.00 bits per heavy atom. The molecule has 8 heteroatoms. The van der Waals surface area contributed by atoms with Crippen molar-refractivity contribution in [2.45, 2.75) is 52.1 Å². The van der Waals surface area contributed by atoms with Crippen molar-refractivity contribution < 1.29 is 18.0 Å². The zero-order chi connectivity index (χ0) is 24.8. The lowest BCUT2D eigenvalue weighted by atomic mass is 9.87. The second-order valence-electron chi connectivity index (χ2n) is 9.11. The van der Waals surface area contributed by atoms with E-state index < -0.39 is 28.5 Å². The summed E-state index contributed by atoms with van der Waals surface area (Å²) in [4.78, 5) is 27.4. The number of hydrogen-bond donors (Lipinski definition) is 1. The van der Waals surface area contributed by atoms with E-state index in [0.29, 0.717) is 12.1 Å². The van der Waals surface area contributed by atoms with E-state index >= 15 is 0 Å². The van der Waals surface area contributed by atoms with E-state index in [-0.39, 0.29) is 17.9 Å². The first kappa shape index (κ1) is 26.4. The number of likely N-dealkylation sites (N-methyl/N-ethyl adjacent to an activating group) is 1. The van der Waals surface area contributed by atoms with Gasteiger partial charge in [-0.15, -0.1) is 0 Å². The molecule has 0 aliphatic heterocycles. The molecule has 0 aliphatic rings. The number of nitrogens with zero attached hydrogens (tertiary/aromatic N) is 2. The molecule has 2 aromatic carbocycles. The van der Waals surface area contributed by atoms with Crippen LogP contribution in [0, 0.1) is 0 Å². The van der Waals surface area contributed by atoms with Crippen LogP contribution < -0.4 is 9.62 Å². The summed E-state index contributed by atoms with van der Waals surface area (Å²) < 4.78 is 26.4. The van der Waals surface area contributed by atoms with Crippen LogP contribution in [0.15, 0.2) is 54.6 Å². The van der Waals surface area contributed by atoms with E-state index in [0.717, 1.165) is 21.7 Å². The van der Waals surface area contributed by atoms with Gasteiger partial charge in [-0.3, -0.25) is 13.9 Å². The van der Waals surface area contributed by atoms with Crippen LogP contribution in [0.3, 0.4) is 0 Å². The number of carbonyl (C=O) groups is 2. The molecule has 0 heterocycles. The minimum atomic E-state index is -3.74. The normalized spacial score (nSPS) is 12.7. The number of rotatable bonds is 9. The van der Waals surface area contributed by atoms with Crippen LogP contribution >= 0.6 is 0 Å². The van der Waals surface area contributed by atoms with Gasteiger partial charge in [0.1, 0.15) is 12.6 Å². The maximum Gasteiger partial charge on any atom is 0.244 e. The fraction of sp³-hybridized carbons (Fsp3) is 0.440. The molecule has 2 rings (SSSR count). The Labute approximate surface area is 197 Å². The molecule has 180 valence electrons. The van der Waals surface area contributed by atoms with Crippen molar-refractivity contribution in [3.05, 3.63) is 65.7 Å². The predicted octanol–water partition coefficient (Wildman–Crippen LogP) is 3.30. The smallest absolute Gasteiger partial charge is 0.244 e. The zero-order valence-electron chi connectivity index (χ0n) is 20.3. The van der Waals surface area contributed by atoms with Gasteiger partial charge in [-0.1, -0.05) is 70.2 Å². The average molecular weight is 474 g/mol. The summed E-state index contributed by atoms with van der Waals surface area (Å²) >= 11 is 0. The maximum absolute atomic E-state index is 13.5. The Hall–Kier alpha value is -2.87. The number of carbonyl (C=O) groups excluding carboxylic acids is 2. The first-order valence-corrected chi connectivity index (χ1v) is 12.9. The third-order valence-electron chi connectivity index (χ3n) is 5.53. The molecular formula is C25H35N3O4S. The monoisotopic (exact) mass is 473 g/mol. The number of benzene rings is 2. The van der Waals surface area contributed by atoms with Crippen molar-refractivity contribution in [1.29, 1.82) is 0 Å². The van der Waals surface area contributed by atoms with Gasteiger partial charge < -0.3 is 10.2 Å². The van der Waals surface area contributed by atoms with Crippen LogP contribution in [-0.2, 0) is 31.6 Å². The van der Waals surface area contributed by atoms with Crippen molar-refractivity contribution in [3.8, 4) is 0 Å². The Morgan fingerprint density at radius 2 is 1.58 bits per heavy atom. The second-order valence-corrected chi connectivity index (χ2v) is 11.0. The van der Waals surface area contributed by atoms with Gasteiger partial charge in [0.25, 0.3) is 0 Å². The van der Waals surface area contributed by atoms with Crippen molar-refractivity contribution in [1.82, 2.24) is 10.2 Å². The summed E-state index contributed by atoms with van der Waals surface area (Å²) in [5.74, 6) is -0.734. The van der Waals surface area contributed by atoms with Gasteiger partial charge in [0.05, 0.1) is 11.9 Å². The van der Waals surface area contributed by atoms with E-state index in [9.17, 15) is 18.0 Å². The lowest BCUT2D eigenvalue weighted by molar-refractivity contribution is -0.140. The van der Waals surface area contributed by atoms with Gasteiger partial charge in [-0.05, 0) is 35.1 Å². The standard InChI is InChI=1S/C25H35N3O4S/c1-7-22(24(30)26-5)27(17-19-11-9-8-10-12-19)23(29)18-28(33(6,31)32)21-15-13-20(14-16-21)25(2,3)4/h8-16,22H,7,17-18H2,1-6H3,(H,26,30). The molecule has 1 unspecified atom stereocenters. The maximum atomic E-state index is 13.5. The fourth-order valence-corrected chi connectivity index (χ4v) is 4.46. The molecule has 1 N–H and O–H groups in total. The van der Waals surface area contributed by atoms with E-state index in [2.05, 4.69) is 26.1 Å². The topological polar surface area (TPSA) is 86.8 Å². The number of hydrogen-bond acceptors (Lipinski definition) is 4.